The lowest BCUT2D eigenvalue weighted by molar-refractivity contribution is -0.790. The molecule has 0 bridgehead atoms. The summed E-state index contributed by atoms with van der Waals surface area (Å²) in [6.07, 6.45) is 1.28. The predicted octanol–water partition coefficient (Wildman–Crippen LogP) is 4.71. The monoisotopic (exact) mass is 771 g/mol. The van der Waals surface area contributed by atoms with Gasteiger partial charge in [0.25, 0.3) is 26.1 Å². The maximum atomic E-state index is 13.8. The number of rotatable bonds is 20. The van der Waals surface area contributed by atoms with Crippen LogP contribution in [0.5, 0.6) is 23.1 Å². The van der Waals surface area contributed by atoms with E-state index < -0.39 is 38.9 Å². The van der Waals surface area contributed by atoms with Crippen LogP contribution in [-0.4, -0.2) is 77.5 Å². The maximum absolute atomic E-state index is 13.8. The van der Waals surface area contributed by atoms with E-state index in [0.29, 0.717) is 0 Å². The second-order valence-electron chi connectivity index (χ2n) is 12.2. The van der Waals surface area contributed by atoms with Gasteiger partial charge in [-0.15, -0.1) is 20.2 Å². The predicted molar refractivity (Wildman–Crippen MR) is 187 cm³/mol. The SMILES string of the molecule is COc1ccccc1Oc1c(NS(=O)(=O)c2ccc(C(C)(C)C)cc2)nc(-c2ncccn2)nc1OCCOC(=O)CCCC(CO[N+](=O)[O-])O[N+](=O)[O-]. The van der Waals surface area contributed by atoms with Crippen molar-refractivity contribution in [1.82, 2.24) is 19.9 Å². The van der Waals surface area contributed by atoms with E-state index in [2.05, 4.69) is 34.3 Å². The van der Waals surface area contributed by atoms with E-state index in [0.717, 1.165) is 5.56 Å². The lowest BCUT2D eigenvalue weighted by atomic mass is 9.87. The summed E-state index contributed by atoms with van der Waals surface area (Å²) in [7, 11) is -2.87. The first-order chi connectivity index (χ1) is 25.7. The van der Waals surface area contributed by atoms with Crippen molar-refractivity contribution in [3.63, 3.8) is 0 Å². The molecule has 0 amide bonds. The summed E-state index contributed by atoms with van der Waals surface area (Å²) in [6.45, 7) is 4.66. The minimum atomic E-state index is -4.29. The van der Waals surface area contributed by atoms with Gasteiger partial charge in [-0.2, -0.15) is 4.98 Å². The Balaban J connectivity index is 1.60. The third-order valence-corrected chi connectivity index (χ3v) is 8.59. The Kier molecular flexibility index (Phi) is 13.8. The third kappa shape index (κ3) is 11.8. The highest BCUT2D eigenvalue weighted by atomic mass is 32.2. The van der Waals surface area contributed by atoms with Crippen molar-refractivity contribution in [1.29, 1.82) is 0 Å². The zero-order valence-corrected chi connectivity index (χ0v) is 30.4. The van der Waals surface area contributed by atoms with E-state index in [1.165, 1.54) is 31.6 Å². The van der Waals surface area contributed by atoms with E-state index in [1.807, 2.05) is 20.8 Å². The van der Waals surface area contributed by atoms with Crippen molar-refractivity contribution in [2.45, 2.75) is 56.4 Å². The first kappa shape index (κ1) is 40.4. The summed E-state index contributed by atoms with van der Waals surface area (Å²) in [6, 6.07) is 14.5. The number of aromatic nitrogens is 4. The summed E-state index contributed by atoms with van der Waals surface area (Å²) in [5.41, 5.74) is 0.690. The Labute approximate surface area is 309 Å². The molecule has 288 valence electrons. The number of hydrogen-bond acceptors (Lipinski definition) is 17. The van der Waals surface area contributed by atoms with Crippen molar-refractivity contribution in [3.05, 3.63) is 92.8 Å². The number of esters is 1. The molecule has 2 heterocycles. The number of carbonyl (C=O) groups is 1. The van der Waals surface area contributed by atoms with Gasteiger partial charge in [-0.25, -0.2) is 23.4 Å². The molecule has 1 N–H and O–H groups in total. The second-order valence-corrected chi connectivity index (χ2v) is 13.8. The molecule has 0 aliphatic rings. The van der Waals surface area contributed by atoms with Crippen molar-refractivity contribution in [2.75, 3.05) is 31.7 Å². The van der Waals surface area contributed by atoms with Crippen LogP contribution < -0.4 is 18.9 Å². The van der Waals surface area contributed by atoms with E-state index in [9.17, 15) is 33.4 Å². The number of nitrogens with zero attached hydrogens (tertiary/aromatic N) is 6. The van der Waals surface area contributed by atoms with E-state index in [1.54, 1.807) is 42.5 Å². The van der Waals surface area contributed by atoms with Gasteiger partial charge in [-0.05, 0) is 54.2 Å². The Bertz CT molecular complexity index is 2010. The fourth-order valence-electron chi connectivity index (χ4n) is 4.61. The number of nitrogens with one attached hydrogen (secondary N) is 1. The number of hydrogen-bond donors (Lipinski definition) is 1. The molecule has 54 heavy (non-hydrogen) atoms. The molecule has 4 rings (SSSR count). The van der Waals surface area contributed by atoms with E-state index in [-0.39, 0.29) is 83.4 Å². The first-order valence-electron chi connectivity index (χ1n) is 16.2. The highest BCUT2D eigenvalue weighted by molar-refractivity contribution is 7.92. The summed E-state index contributed by atoms with van der Waals surface area (Å²) in [4.78, 5) is 59.1. The summed E-state index contributed by atoms with van der Waals surface area (Å²) in [5.74, 6) is -1.27. The quantitative estimate of drug-likeness (QED) is 0.0552. The van der Waals surface area contributed by atoms with E-state index >= 15 is 0 Å². The van der Waals surface area contributed by atoms with Gasteiger partial charge in [-0.3, -0.25) is 9.52 Å². The number of sulfonamides is 1. The summed E-state index contributed by atoms with van der Waals surface area (Å²) >= 11 is 0. The largest absolute Gasteiger partial charge is 0.493 e. The number of anilines is 1. The maximum Gasteiger partial charge on any atom is 0.305 e. The molecular weight excluding hydrogens is 734 g/mol. The average molecular weight is 772 g/mol. The smallest absolute Gasteiger partial charge is 0.305 e. The minimum absolute atomic E-state index is 0.0188. The molecule has 4 aromatic rings. The van der Waals surface area contributed by atoms with Gasteiger partial charge in [-0.1, -0.05) is 45.0 Å². The van der Waals surface area contributed by atoms with Crippen molar-refractivity contribution in [3.8, 4) is 34.8 Å². The number of benzene rings is 2. The van der Waals surface area contributed by atoms with Crippen LogP contribution in [0.15, 0.2) is 71.9 Å². The zero-order chi connectivity index (χ0) is 39.3. The number of methoxy groups -OCH3 is 1. The molecule has 21 heteroatoms. The Morgan fingerprint density at radius 2 is 1.59 bits per heavy atom. The lowest BCUT2D eigenvalue weighted by Crippen LogP contribution is -2.25. The van der Waals surface area contributed by atoms with Crippen LogP contribution in [0, 0.1) is 20.2 Å². The molecule has 20 nitrogen and oxygen atoms in total. The van der Waals surface area contributed by atoms with Crippen LogP contribution in [0.2, 0.25) is 0 Å². The van der Waals surface area contributed by atoms with Crippen molar-refractivity contribution >= 4 is 21.8 Å². The minimum Gasteiger partial charge on any atom is -0.493 e. The Morgan fingerprint density at radius 1 is 0.907 bits per heavy atom. The highest BCUT2D eigenvalue weighted by Crippen LogP contribution is 2.41. The molecule has 0 saturated heterocycles. The van der Waals surface area contributed by atoms with Crippen LogP contribution in [0.25, 0.3) is 11.6 Å². The van der Waals surface area contributed by atoms with Crippen molar-refractivity contribution in [2.24, 2.45) is 0 Å². The fourth-order valence-corrected chi connectivity index (χ4v) is 5.61. The molecule has 0 radical (unpaired) electrons. The van der Waals surface area contributed by atoms with Gasteiger partial charge in [0, 0.05) is 18.8 Å². The van der Waals surface area contributed by atoms with Gasteiger partial charge >= 0.3 is 5.97 Å². The topological polar surface area (TPSA) is 256 Å². The Morgan fingerprint density at radius 3 is 2.22 bits per heavy atom. The summed E-state index contributed by atoms with van der Waals surface area (Å²) in [5, 5.41) is 18.9. The van der Waals surface area contributed by atoms with Gasteiger partial charge in [0.1, 0.15) is 25.9 Å². The van der Waals surface area contributed by atoms with Gasteiger partial charge in [0.15, 0.2) is 23.1 Å². The second kappa shape index (κ2) is 18.4. The van der Waals surface area contributed by atoms with Crippen molar-refractivity contribution < 1.29 is 52.0 Å². The van der Waals surface area contributed by atoms with Crippen LogP contribution >= 0.6 is 0 Å². The number of ether oxygens (including phenoxy) is 4. The standard InChI is InChI=1S/C33H37N7O13S/c1-33(2,3)22-13-15-24(16-14-22)54(46,47)38-29-28(52-26-11-6-5-10-25(26)48-4)32(37-31(36-29)30-34-17-8-18-35-30)50-20-19-49-27(41)12-7-9-23(53-40(44)45)21-51-39(42)43/h5-6,8,10-11,13-18,23H,7,9,12,19-21H2,1-4H3,(H,36,37,38). The molecular formula is C33H37N7O13S. The molecule has 0 aliphatic heterocycles. The zero-order valence-electron chi connectivity index (χ0n) is 29.6. The lowest BCUT2D eigenvalue weighted by Gasteiger charge is -2.20. The van der Waals surface area contributed by atoms with Crippen LogP contribution in [0.1, 0.15) is 45.6 Å². The van der Waals surface area contributed by atoms with E-state index in [4.69, 9.17) is 18.9 Å². The normalized spacial score (nSPS) is 11.9. The van der Waals surface area contributed by atoms with Gasteiger partial charge < -0.3 is 28.6 Å². The molecule has 0 aliphatic carbocycles. The number of para-hydroxylation sites is 2. The first-order valence-corrected chi connectivity index (χ1v) is 17.6. The van der Waals surface area contributed by atoms with Crippen LogP contribution in [-0.2, 0) is 34.6 Å². The molecule has 2 aromatic carbocycles. The third-order valence-electron chi connectivity index (χ3n) is 7.24. The molecule has 0 fully saturated rings. The summed E-state index contributed by atoms with van der Waals surface area (Å²) < 4.78 is 52.7. The van der Waals surface area contributed by atoms with Gasteiger partial charge in [0.05, 0.1) is 12.0 Å². The molecule has 1 unspecified atom stereocenters. The van der Waals surface area contributed by atoms with Crippen LogP contribution in [0.4, 0.5) is 5.82 Å². The molecule has 0 saturated carbocycles. The fraction of sp³-hybridized carbons (Fsp3) is 0.364. The Hall–Kier alpha value is -6.38. The highest BCUT2D eigenvalue weighted by Gasteiger charge is 2.27. The number of carbonyl (C=O) groups excluding carboxylic acids is 1. The molecule has 0 spiro atoms. The molecule has 1 atom stereocenters. The molecule has 2 aromatic heterocycles. The van der Waals surface area contributed by atoms with Crippen LogP contribution in [0.3, 0.4) is 0 Å². The van der Waals surface area contributed by atoms with Gasteiger partial charge in [0.2, 0.25) is 11.6 Å². The average Bonchev–Trinajstić information content (AvgIpc) is 3.13.